The molecule has 20 heavy (non-hydrogen) atoms. The maximum atomic E-state index is 11.6. The quantitative estimate of drug-likeness (QED) is 0.676. The maximum absolute atomic E-state index is 11.6. The number of unbranched alkanes of at least 4 members (excludes halogenated alkanes) is 3. The fourth-order valence-corrected chi connectivity index (χ4v) is 3.00. The molecule has 4 heteroatoms. The van der Waals surface area contributed by atoms with Gasteiger partial charge in [-0.25, -0.2) is 8.42 Å². The van der Waals surface area contributed by atoms with Crippen molar-refractivity contribution in [3.63, 3.8) is 0 Å². The van der Waals surface area contributed by atoms with Crippen molar-refractivity contribution in [1.82, 2.24) is 0 Å². The van der Waals surface area contributed by atoms with Gasteiger partial charge in [-0.3, -0.25) is 0 Å². The van der Waals surface area contributed by atoms with Crippen LogP contribution in [0.3, 0.4) is 0 Å². The van der Waals surface area contributed by atoms with Crippen LogP contribution < -0.4 is 4.74 Å². The summed E-state index contributed by atoms with van der Waals surface area (Å²) in [5.41, 5.74) is 1.09. The molecule has 3 nitrogen and oxygen atoms in total. The number of ether oxygens (including phenoxy) is 1. The number of sulfone groups is 1. The van der Waals surface area contributed by atoms with Crippen LogP contribution in [0.2, 0.25) is 0 Å². The first kappa shape index (κ1) is 17.0. The van der Waals surface area contributed by atoms with E-state index in [1.165, 1.54) is 31.9 Å². The van der Waals surface area contributed by atoms with Gasteiger partial charge in [-0.2, -0.15) is 0 Å². The molecule has 1 rings (SSSR count). The van der Waals surface area contributed by atoms with E-state index < -0.39 is 9.84 Å². The summed E-state index contributed by atoms with van der Waals surface area (Å²) in [5, 5.41) is 0. The number of rotatable bonds is 8. The summed E-state index contributed by atoms with van der Waals surface area (Å²) in [6.07, 6.45) is 7.29. The summed E-state index contributed by atoms with van der Waals surface area (Å²) in [7, 11) is -1.59. The van der Waals surface area contributed by atoms with Crippen LogP contribution in [0.1, 0.15) is 57.4 Å². The average Bonchev–Trinajstić information content (AvgIpc) is 2.41. The first-order chi connectivity index (χ1) is 9.40. The molecule has 0 spiro atoms. The number of benzene rings is 1. The molecular weight excluding hydrogens is 272 g/mol. The Kier molecular flexibility index (Phi) is 6.53. The van der Waals surface area contributed by atoms with Crippen LogP contribution in [0.25, 0.3) is 0 Å². The van der Waals surface area contributed by atoms with E-state index in [0.29, 0.717) is 16.6 Å². The Morgan fingerprint density at radius 1 is 1.20 bits per heavy atom. The minimum Gasteiger partial charge on any atom is -0.496 e. The molecule has 0 aromatic heterocycles. The second-order valence-corrected chi connectivity index (χ2v) is 7.44. The molecule has 0 N–H and O–H groups in total. The van der Waals surface area contributed by atoms with Crippen molar-refractivity contribution in [3.8, 4) is 5.75 Å². The average molecular weight is 298 g/mol. The van der Waals surface area contributed by atoms with Gasteiger partial charge in [-0.05, 0) is 30.0 Å². The Morgan fingerprint density at radius 2 is 1.90 bits per heavy atom. The van der Waals surface area contributed by atoms with Crippen molar-refractivity contribution in [2.24, 2.45) is 0 Å². The third-order valence-corrected chi connectivity index (χ3v) is 4.76. The van der Waals surface area contributed by atoms with Gasteiger partial charge < -0.3 is 4.74 Å². The number of methoxy groups -OCH3 is 1. The summed E-state index contributed by atoms with van der Waals surface area (Å²) >= 11 is 0. The van der Waals surface area contributed by atoms with Gasteiger partial charge in [0.05, 0.1) is 12.0 Å². The summed E-state index contributed by atoms with van der Waals surface area (Å²) in [6, 6.07) is 5.20. The summed E-state index contributed by atoms with van der Waals surface area (Å²) in [4.78, 5) is 0.316. The standard InChI is InChI=1S/C16H26O3S/c1-5-6-7-8-9-13(2)15-11-10-14(20(4,17)18)12-16(15)19-3/h10-13H,5-9H2,1-4H3/t13-/m1/s1. The van der Waals surface area contributed by atoms with E-state index in [9.17, 15) is 8.42 Å². The lowest BCUT2D eigenvalue weighted by atomic mass is 9.94. The van der Waals surface area contributed by atoms with Crippen molar-refractivity contribution in [2.75, 3.05) is 13.4 Å². The Bertz CT molecular complexity index is 521. The first-order valence-corrected chi connectivity index (χ1v) is 9.17. The van der Waals surface area contributed by atoms with Gasteiger partial charge in [0.15, 0.2) is 9.84 Å². The molecule has 0 aliphatic rings. The molecule has 1 aromatic carbocycles. The molecule has 0 bridgehead atoms. The Hall–Kier alpha value is -1.03. The van der Waals surface area contributed by atoms with Crippen molar-refractivity contribution in [2.45, 2.75) is 56.8 Å². The Labute approximate surface area is 123 Å². The molecule has 1 aromatic rings. The van der Waals surface area contributed by atoms with Gasteiger partial charge in [0.1, 0.15) is 5.75 Å². The molecule has 0 aliphatic carbocycles. The van der Waals surface area contributed by atoms with Crippen LogP contribution in [0.5, 0.6) is 5.75 Å². The van der Waals surface area contributed by atoms with Crippen LogP contribution >= 0.6 is 0 Å². The normalized spacial score (nSPS) is 13.2. The lowest BCUT2D eigenvalue weighted by Crippen LogP contribution is -2.02. The van der Waals surface area contributed by atoms with Crippen molar-refractivity contribution in [1.29, 1.82) is 0 Å². The van der Waals surface area contributed by atoms with Crippen molar-refractivity contribution < 1.29 is 13.2 Å². The van der Waals surface area contributed by atoms with E-state index in [1.807, 2.05) is 6.07 Å². The van der Waals surface area contributed by atoms with Crippen LogP contribution in [0.4, 0.5) is 0 Å². The molecule has 0 saturated carbocycles. The predicted octanol–water partition coefficient (Wildman–Crippen LogP) is 4.17. The summed E-state index contributed by atoms with van der Waals surface area (Å²) < 4.78 is 28.5. The zero-order chi connectivity index (χ0) is 15.2. The molecule has 114 valence electrons. The molecule has 0 radical (unpaired) electrons. The SMILES string of the molecule is CCCCCC[C@@H](C)c1ccc(S(C)(=O)=O)cc1OC. The number of hydrogen-bond donors (Lipinski definition) is 0. The molecule has 0 unspecified atom stereocenters. The van der Waals surface area contributed by atoms with Crippen molar-refractivity contribution in [3.05, 3.63) is 23.8 Å². The monoisotopic (exact) mass is 298 g/mol. The van der Waals surface area contributed by atoms with Crippen LogP contribution in [0.15, 0.2) is 23.1 Å². The van der Waals surface area contributed by atoms with E-state index in [1.54, 1.807) is 19.2 Å². The Morgan fingerprint density at radius 3 is 2.45 bits per heavy atom. The zero-order valence-corrected chi connectivity index (χ0v) is 13.8. The lowest BCUT2D eigenvalue weighted by molar-refractivity contribution is 0.403. The minimum atomic E-state index is -3.18. The Balaban J connectivity index is 2.84. The summed E-state index contributed by atoms with van der Waals surface area (Å²) in [5.74, 6) is 1.06. The van der Waals surface area contributed by atoms with E-state index in [0.717, 1.165) is 12.0 Å². The highest BCUT2D eigenvalue weighted by atomic mass is 32.2. The van der Waals surface area contributed by atoms with Gasteiger partial charge in [0, 0.05) is 6.26 Å². The van der Waals surface area contributed by atoms with Crippen LogP contribution in [0, 0.1) is 0 Å². The molecule has 0 fully saturated rings. The van der Waals surface area contributed by atoms with Crippen LogP contribution in [-0.4, -0.2) is 21.8 Å². The van der Waals surface area contributed by atoms with E-state index in [2.05, 4.69) is 13.8 Å². The fraction of sp³-hybridized carbons (Fsp3) is 0.625. The third-order valence-electron chi connectivity index (χ3n) is 3.65. The maximum Gasteiger partial charge on any atom is 0.175 e. The summed E-state index contributed by atoms with van der Waals surface area (Å²) in [6.45, 7) is 4.38. The van der Waals surface area contributed by atoms with Gasteiger partial charge in [-0.1, -0.05) is 45.6 Å². The topological polar surface area (TPSA) is 43.4 Å². The van der Waals surface area contributed by atoms with Crippen molar-refractivity contribution >= 4 is 9.84 Å². The second kappa shape index (κ2) is 7.67. The van der Waals surface area contributed by atoms with Gasteiger partial charge in [-0.15, -0.1) is 0 Å². The highest BCUT2D eigenvalue weighted by Crippen LogP contribution is 2.32. The first-order valence-electron chi connectivity index (χ1n) is 7.28. The largest absolute Gasteiger partial charge is 0.496 e. The minimum absolute atomic E-state index is 0.316. The van der Waals surface area contributed by atoms with E-state index in [4.69, 9.17) is 4.74 Å². The van der Waals surface area contributed by atoms with E-state index in [-0.39, 0.29) is 0 Å². The van der Waals surface area contributed by atoms with Gasteiger partial charge in [0.2, 0.25) is 0 Å². The molecule has 0 saturated heterocycles. The fourth-order valence-electron chi connectivity index (χ4n) is 2.36. The molecule has 1 atom stereocenters. The lowest BCUT2D eigenvalue weighted by Gasteiger charge is -2.16. The van der Waals surface area contributed by atoms with Gasteiger partial charge >= 0.3 is 0 Å². The molecular formula is C16H26O3S. The van der Waals surface area contributed by atoms with Crippen LogP contribution in [-0.2, 0) is 9.84 Å². The van der Waals surface area contributed by atoms with Gasteiger partial charge in [0.25, 0.3) is 0 Å². The predicted molar refractivity (Wildman–Crippen MR) is 83.3 cm³/mol. The molecule has 0 amide bonds. The zero-order valence-electron chi connectivity index (χ0n) is 13.0. The third kappa shape index (κ3) is 4.82. The highest BCUT2D eigenvalue weighted by molar-refractivity contribution is 7.90. The highest BCUT2D eigenvalue weighted by Gasteiger charge is 2.15. The molecule has 0 heterocycles. The van der Waals surface area contributed by atoms with E-state index >= 15 is 0 Å². The smallest absolute Gasteiger partial charge is 0.175 e. The molecule has 0 aliphatic heterocycles. The second-order valence-electron chi connectivity index (χ2n) is 5.43. The number of hydrogen-bond acceptors (Lipinski definition) is 3.